The molecule has 1 aliphatic heterocycles. The predicted octanol–water partition coefficient (Wildman–Crippen LogP) is 6.40. The summed E-state index contributed by atoms with van der Waals surface area (Å²) in [5.41, 5.74) is 0.679. The second kappa shape index (κ2) is 8.39. The first-order valence-corrected chi connectivity index (χ1v) is 10.7. The van der Waals surface area contributed by atoms with Crippen molar-refractivity contribution in [1.29, 1.82) is 0 Å². The van der Waals surface area contributed by atoms with Crippen LogP contribution in [0.3, 0.4) is 0 Å². The number of carbonyl (C=O) groups is 2. The van der Waals surface area contributed by atoms with Crippen molar-refractivity contribution in [2.45, 2.75) is 6.04 Å². The molecule has 0 saturated carbocycles. The van der Waals surface area contributed by atoms with Crippen LogP contribution in [0.2, 0.25) is 5.02 Å². The number of aliphatic hydroxyl groups is 1. The number of halogens is 3. The highest BCUT2D eigenvalue weighted by Gasteiger charge is 2.47. The monoisotopic (exact) mass is 475 g/mol. The number of nitrogens with zero attached hydrogens (tertiary/aromatic N) is 1. The molecule has 4 nitrogen and oxygen atoms in total. The van der Waals surface area contributed by atoms with Gasteiger partial charge < -0.3 is 5.11 Å². The van der Waals surface area contributed by atoms with Crippen LogP contribution in [0.25, 0.3) is 16.5 Å². The summed E-state index contributed by atoms with van der Waals surface area (Å²) in [5.74, 6) is -4.52. The van der Waals surface area contributed by atoms with Gasteiger partial charge >= 0.3 is 0 Å². The molecule has 7 heteroatoms. The van der Waals surface area contributed by atoms with Crippen molar-refractivity contribution in [3.05, 3.63) is 118 Å². The summed E-state index contributed by atoms with van der Waals surface area (Å²) >= 11 is 5.96. The van der Waals surface area contributed by atoms with E-state index >= 15 is 0 Å². The molecule has 1 aliphatic rings. The third-order valence-corrected chi connectivity index (χ3v) is 6.11. The molecule has 1 heterocycles. The van der Waals surface area contributed by atoms with E-state index in [1.54, 1.807) is 24.3 Å². The van der Waals surface area contributed by atoms with Crippen molar-refractivity contribution in [1.82, 2.24) is 0 Å². The van der Waals surface area contributed by atoms with Crippen LogP contribution in [0.15, 0.2) is 90.5 Å². The minimum Gasteiger partial charge on any atom is -0.507 e. The van der Waals surface area contributed by atoms with E-state index in [4.69, 9.17) is 11.6 Å². The molecule has 5 rings (SSSR count). The zero-order chi connectivity index (χ0) is 24.0. The maximum atomic E-state index is 14.1. The van der Waals surface area contributed by atoms with Gasteiger partial charge in [0.1, 0.15) is 5.76 Å². The Morgan fingerprint density at radius 1 is 0.853 bits per heavy atom. The molecule has 1 fully saturated rings. The Balaban J connectivity index is 1.81. The van der Waals surface area contributed by atoms with Crippen LogP contribution in [-0.4, -0.2) is 16.8 Å². The summed E-state index contributed by atoms with van der Waals surface area (Å²) in [6, 6.07) is 20.8. The fourth-order valence-corrected chi connectivity index (χ4v) is 4.41. The zero-order valence-electron chi connectivity index (χ0n) is 17.5. The first-order chi connectivity index (χ1) is 16.4. The van der Waals surface area contributed by atoms with E-state index in [0.717, 1.165) is 27.8 Å². The summed E-state index contributed by atoms with van der Waals surface area (Å²) in [4.78, 5) is 27.5. The molecule has 34 heavy (non-hydrogen) atoms. The molecule has 1 N–H and O–H groups in total. The highest BCUT2D eigenvalue weighted by Crippen LogP contribution is 2.44. The number of hydrogen-bond donors (Lipinski definition) is 1. The molecule has 168 valence electrons. The van der Waals surface area contributed by atoms with E-state index in [0.29, 0.717) is 10.6 Å². The Labute approximate surface area is 198 Å². The number of aliphatic hydroxyl groups excluding tert-OH is 1. The van der Waals surface area contributed by atoms with E-state index in [1.165, 1.54) is 18.2 Å². The lowest BCUT2D eigenvalue weighted by atomic mass is 9.91. The SMILES string of the molecule is O=C1C(=O)N(c2ccc(F)c(F)c2)C(c2cccc3ccccc23)/C1=C(/O)c1ccc(Cl)cc1. The normalized spacial score (nSPS) is 17.5. The maximum absolute atomic E-state index is 14.1. The Morgan fingerprint density at radius 3 is 2.29 bits per heavy atom. The number of rotatable bonds is 3. The maximum Gasteiger partial charge on any atom is 0.300 e. The lowest BCUT2D eigenvalue weighted by molar-refractivity contribution is -0.132. The van der Waals surface area contributed by atoms with Gasteiger partial charge in [-0.3, -0.25) is 14.5 Å². The van der Waals surface area contributed by atoms with E-state index in [9.17, 15) is 23.5 Å². The molecule has 0 radical (unpaired) electrons. The number of benzene rings is 4. The summed E-state index contributed by atoms with van der Waals surface area (Å²) in [5, 5.41) is 13.2. The molecule has 1 atom stereocenters. The third kappa shape index (κ3) is 3.53. The molecule has 4 aromatic carbocycles. The van der Waals surface area contributed by atoms with Crippen molar-refractivity contribution < 1.29 is 23.5 Å². The highest BCUT2D eigenvalue weighted by molar-refractivity contribution is 6.52. The molecule has 1 amide bonds. The van der Waals surface area contributed by atoms with Gasteiger partial charge in [0.25, 0.3) is 11.7 Å². The van der Waals surface area contributed by atoms with Gasteiger partial charge in [-0.2, -0.15) is 0 Å². The molecular formula is C27H16ClF2NO3. The van der Waals surface area contributed by atoms with Crippen molar-refractivity contribution in [3.63, 3.8) is 0 Å². The molecule has 0 aromatic heterocycles. The van der Waals surface area contributed by atoms with Crippen LogP contribution in [0.5, 0.6) is 0 Å². The predicted molar refractivity (Wildman–Crippen MR) is 127 cm³/mol. The Hall–Kier alpha value is -4.03. The molecule has 4 aromatic rings. The number of amides is 1. The van der Waals surface area contributed by atoms with Crippen molar-refractivity contribution in [2.75, 3.05) is 4.90 Å². The van der Waals surface area contributed by atoms with Gasteiger partial charge in [0.2, 0.25) is 0 Å². The summed E-state index contributed by atoms with van der Waals surface area (Å²) < 4.78 is 27.8. The highest BCUT2D eigenvalue weighted by atomic mass is 35.5. The molecule has 1 unspecified atom stereocenters. The van der Waals surface area contributed by atoms with E-state index in [1.807, 2.05) is 30.3 Å². The Kier molecular flexibility index (Phi) is 5.38. The fourth-order valence-electron chi connectivity index (χ4n) is 4.28. The topological polar surface area (TPSA) is 57.6 Å². The van der Waals surface area contributed by atoms with Crippen LogP contribution in [0.4, 0.5) is 14.5 Å². The van der Waals surface area contributed by atoms with Crippen LogP contribution in [0, 0.1) is 11.6 Å². The first-order valence-electron chi connectivity index (χ1n) is 10.4. The standard InChI is InChI=1S/C27H16ClF2NO3/c28-17-10-8-16(9-11-17)25(32)23-24(20-7-3-5-15-4-1-2-6-19(15)20)31(27(34)26(23)33)18-12-13-21(29)22(30)14-18/h1-14,24,32H/b25-23-. The van der Waals surface area contributed by atoms with Gasteiger partial charge in [-0.05, 0) is 52.7 Å². The number of ketones is 1. The van der Waals surface area contributed by atoms with Crippen LogP contribution < -0.4 is 4.90 Å². The molecule has 0 bridgehead atoms. The zero-order valence-corrected chi connectivity index (χ0v) is 18.3. The molecule has 0 spiro atoms. The van der Waals surface area contributed by atoms with Gasteiger partial charge in [-0.1, -0.05) is 54.1 Å². The second-order valence-corrected chi connectivity index (χ2v) is 8.28. The van der Waals surface area contributed by atoms with Gasteiger partial charge in [-0.25, -0.2) is 8.78 Å². The average Bonchev–Trinajstić information content (AvgIpc) is 3.10. The van der Waals surface area contributed by atoms with Crippen LogP contribution >= 0.6 is 11.6 Å². The van der Waals surface area contributed by atoms with Gasteiger partial charge in [0.15, 0.2) is 11.6 Å². The second-order valence-electron chi connectivity index (χ2n) is 7.84. The third-order valence-electron chi connectivity index (χ3n) is 5.86. The Bertz CT molecular complexity index is 1490. The molecular weight excluding hydrogens is 460 g/mol. The number of Topliss-reactive ketones (excluding diaryl/α,β-unsaturated/α-hetero) is 1. The number of anilines is 1. The molecule has 1 saturated heterocycles. The number of fused-ring (bicyclic) bond motifs is 1. The number of hydrogen-bond acceptors (Lipinski definition) is 3. The van der Waals surface area contributed by atoms with Crippen molar-refractivity contribution >= 4 is 45.5 Å². The fraction of sp³-hybridized carbons (Fsp3) is 0.0370. The lowest BCUT2D eigenvalue weighted by Gasteiger charge is -2.26. The van der Waals surface area contributed by atoms with E-state index in [2.05, 4.69) is 0 Å². The van der Waals surface area contributed by atoms with Crippen molar-refractivity contribution in [3.8, 4) is 0 Å². The minimum absolute atomic E-state index is 0.00547. The largest absolute Gasteiger partial charge is 0.507 e. The lowest BCUT2D eigenvalue weighted by Crippen LogP contribution is -2.29. The summed E-state index contributed by atoms with van der Waals surface area (Å²) in [6.45, 7) is 0. The molecule has 0 aliphatic carbocycles. The van der Waals surface area contributed by atoms with E-state index < -0.39 is 35.1 Å². The quantitative estimate of drug-likeness (QED) is 0.212. The first kappa shape index (κ1) is 21.8. The van der Waals surface area contributed by atoms with Crippen LogP contribution in [0.1, 0.15) is 17.2 Å². The Morgan fingerprint density at radius 2 is 1.56 bits per heavy atom. The summed E-state index contributed by atoms with van der Waals surface area (Å²) in [6.07, 6.45) is 0. The number of carbonyl (C=O) groups excluding carboxylic acids is 2. The smallest absolute Gasteiger partial charge is 0.300 e. The summed E-state index contributed by atoms with van der Waals surface area (Å²) in [7, 11) is 0. The van der Waals surface area contributed by atoms with Crippen molar-refractivity contribution in [2.24, 2.45) is 0 Å². The minimum atomic E-state index is -1.16. The van der Waals surface area contributed by atoms with Crippen LogP contribution in [-0.2, 0) is 9.59 Å². The van der Waals surface area contributed by atoms with Gasteiger partial charge in [0.05, 0.1) is 11.6 Å². The average molecular weight is 476 g/mol. The van der Waals surface area contributed by atoms with Gasteiger partial charge in [0, 0.05) is 22.3 Å². The van der Waals surface area contributed by atoms with Gasteiger partial charge in [-0.15, -0.1) is 0 Å². The van der Waals surface area contributed by atoms with E-state index in [-0.39, 0.29) is 16.8 Å².